The summed E-state index contributed by atoms with van der Waals surface area (Å²) in [6, 6.07) is 17.6. The van der Waals surface area contributed by atoms with E-state index in [0.717, 1.165) is 63.4 Å². The van der Waals surface area contributed by atoms with E-state index < -0.39 is 0 Å². The van der Waals surface area contributed by atoms with Gasteiger partial charge in [-0.1, -0.05) is 18.2 Å². The minimum absolute atomic E-state index is 0.0144. The highest BCUT2D eigenvalue weighted by Gasteiger charge is 2.30. The number of benzene rings is 1. The minimum atomic E-state index is -0.0155. The van der Waals surface area contributed by atoms with Crippen LogP contribution in [0.25, 0.3) is 11.5 Å². The number of aromatic nitrogens is 5. The van der Waals surface area contributed by atoms with E-state index in [0.29, 0.717) is 29.1 Å². The standard InChI is InChI=1S/C32H37N9O2/c1-22-4-3-5-27(35-22)30-33-15-10-28(38-30)37-29-11-16-34-32(39-29)36-25-8-6-23(7-9-25)20-41-18-12-24(13-19-41)31(42)43-26-14-17-40(2)21-26/h3-11,15-16,24,26H,12-14,17-21H2,1-2H3,(H2,33,34,36,37,38,39). The summed E-state index contributed by atoms with van der Waals surface area (Å²) in [7, 11) is 2.07. The van der Waals surface area contributed by atoms with Crippen molar-refractivity contribution in [3.8, 4) is 11.5 Å². The molecule has 6 rings (SSSR count). The molecule has 2 fully saturated rings. The number of carbonyl (C=O) groups excluding carboxylic acids is 1. The van der Waals surface area contributed by atoms with Crippen molar-refractivity contribution in [2.45, 2.75) is 38.8 Å². The maximum Gasteiger partial charge on any atom is 0.309 e. The molecule has 0 aliphatic carbocycles. The first-order chi connectivity index (χ1) is 21.0. The van der Waals surface area contributed by atoms with Crippen molar-refractivity contribution < 1.29 is 9.53 Å². The fourth-order valence-corrected chi connectivity index (χ4v) is 5.50. The van der Waals surface area contributed by atoms with Crippen LogP contribution in [0.15, 0.2) is 67.0 Å². The lowest BCUT2D eigenvalue weighted by Crippen LogP contribution is -2.37. The van der Waals surface area contributed by atoms with E-state index in [1.165, 1.54) is 5.56 Å². The van der Waals surface area contributed by atoms with Crippen LogP contribution in [0.3, 0.4) is 0 Å². The normalized spacial score (nSPS) is 18.0. The van der Waals surface area contributed by atoms with E-state index in [4.69, 9.17) is 4.74 Å². The molecular weight excluding hydrogens is 542 g/mol. The average Bonchev–Trinajstić information content (AvgIpc) is 3.43. The Morgan fingerprint density at radius 1 is 0.884 bits per heavy atom. The Kier molecular flexibility index (Phi) is 8.80. The largest absolute Gasteiger partial charge is 0.461 e. The van der Waals surface area contributed by atoms with Crippen LogP contribution in [0.4, 0.5) is 23.3 Å². The van der Waals surface area contributed by atoms with Crippen molar-refractivity contribution in [1.82, 2.24) is 34.7 Å². The van der Waals surface area contributed by atoms with E-state index in [9.17, 15) is 4.79 Å². The second kappa shape index (κ2) is 13.2. The monoisotopic (exact) mass is 579 g/mol. The molecule has 11 nitrogen and oxygen atoms in total. The third-order valence-corrected chi connectivity index (χ3v) is 7.85. The van der Waals surface area contributed by atoms with E-state index in [-0.39, 0.29) is 18.0 Å². The van der Waals surface area contributed by atoms with Gasteiger partial charge in [-0.3, -0.25) is 9.69 Å². The average molecular weight is 580 g/mol. The Bertz CT molecular complexity index is 1540. The fraction of sp³-hybridized carbons (Fsp3) is 0.375. The molecule has 2 aliphatic heterocycles. The first-order valence-corrected chi connectivity index (χ1v) is 14.8. The number of likely N-dealkylation sites (tertiary alicyclic amines) is 2. The highest BCUT2D eigenvalue weighted by molar-refractivity contribution is 5.72. The van der Waals surface area contributed by atoms with Crippen molar-refractivity contribution in [3.05, 3.63) is 78.2 Å². The van der Waals surface area contributed by atoms with Gasteiger partial charge in [0.05, 0.1) is 5.92 Å². The number of ether oxygens (including phenoxy) is 1. The van der Waals surface area contributed by atoms with Crippen molar-refractivity contribution in [2.75, 3.05) is 43.9 Å². The van der Waals surface area contributed by atoms with Crippen LogP contribution in [0.2, 0.25) is 0 Å². The van der Waals surface area contributed by atoms with Gasteiger partial charge in [-0.15, -0.1) is 0 Å². The molecule has 1 atom stereocenters. The van der Waals surface area contributed by atoms with E-state index in [1.807, 2.05) is 37.3 Å². The number of pyridine rings is 1. The molecule has 0 amide bonds. The number of hydrogen-bond acceptors (Lipinski definition) is 11. The Labute approximate surface area is 251 Å². The highest BCUT2D eigenvalue weighted by atomic mass is 16.5. The van der Waals surface area contributed by atoms with E-state index in [2.05, 4.69) is 64.5 Å². The van der Waals surface area contributed by atoms with E-state index in [1.54, 1.807) is 24.5 Å². The van der Waals surface area contributed by atoms with Gasteiger partial charge in [0, 0.05) is 43.4 Å². The quantitative estimate of drug-likeness (QED) is 0.271. The van der Waals surface area contributed by atoms with Crippen LogP contribution in [0.5, 0.6) is 0 Å². The molecule has 0 spiro atoms. The molecule has 5 heterocycles. The summed E-state index contributed by atoms with van der Waals surface area (Å²) in [5.41, 5.74) is 3.74. The van der Waals surface area contributed by atoms with Gasteiger partial charge in [0.15, 0.2) is 5.82 Å². The smallest absolute Gasteiger partial charge is 0.309 e. The van der Waals surface area contributed by atoms with Gasteiger partial charge in [0.1, 0.15) is 23.4 Å². The molecular formula is C32H37N9O2. The van der Waals surface area contributed by atoms with E-state index >= 15 is 0 Å². The summed E-state index contributed by atoms with van der Waals surface area (Å²) in [5, 5.41) is 6.51. The SMILES string of the molecule is Cc1cccc(-c2nccc(Nc3ccnc(Nc4ccc(CN5CCC(C(=O)OC6CCN(C)C6)CC5)cc4)n3)n2)n1. The van der Waals surface area contributed by atoms with Crippen LogP contribution >= 0.6 is 0 Å². The number of esters is 1. The number of aryl methyl sites for hydroxylation is 1. The number of nitrogens with one attached hydrogen (secondary N) is 2. The van der Waals surface area contributed by atoms with Crippen molar-refractivity contribution in [2.24, 2.45) is 5.92 Å². The molecule has 2 N–H and O–H groups in total. The zero-order valence-corrected chi connectivity index (χ0v) is 24.6. The molecule has 43 heavy (non-hydrogen) atoms. The predicted octanol–water partition coefficient (Wildman–Crippen LogP) is 4.58. The Morgan fingerprint density at radius 2 is 1.65 bits per heavy atom. The van der Waals surface area contributed by atoms with Gasteiger partial charge in [-0.2, -0.15) is 4.98 Å². The van der Waals surface area contributed by atoms with Gasteiger partial charge in [-0.05, 0) is 88.3 Å². The van der Waals surface area contributed by atoms with Crippen LogP contribution in [-0.4, -0.2) is 80.0 Å². The summed E-state index contributed by atoms with van der Waals surface area (Å²) in [4.78, 5) is 39.7. The second-order valence-corrected chi connectivity index (χ2v) is 11.3. The number of hydrogen-bond donors (Lipinski definition) is 2. The van der Waals surface area contributed by atoms with Gasteiger partial charge in [-0.25, -0.2) is 19.9 Å². The molecule has 2 aliphatic rings. The first-order valence-electron chi connectivity index (χ1n) is 14.8. The maximum absolute atomic E-state index is 12.6. The Hall–Kier alpha value is -4.48. The Morgan fingerprint density at radius 3 is 2.40 bits per heavy atom. The van der Waals surface area contributed by atoms with Crippen LogP contribution in [0, 0.1) is 12.8 Å². The van der Waals surface area contributed by atoms with Crippen LogP contribution in [-0.2, 0) is 16.1 Å². The van der Waals surface area contributed by atoms with Gasteiger partial charge in [0.2, 0.25) is 5.95 Å². The molecule has 0 radical (unpaired) electrons. The maximum atomic E-state index is 12.6. The summed E-state index contributed by atoms with van der Waals surface area (Å²) < 4.78 is 5.77. The summed E-state index contributed by atoms with van der Waals surface area (Å²) in [6.07, 6.45) is 6.09. The molecule has 11 heteroatoms. The third-order valence-electron chi connectivity index (χ3n) is 7.85. The number of anilines is 4. The lowest BCUT2D eigenvalue weighted by atomic mass is 9.96. The number of piperidine rings is 1. The minimum Gasteiger partial charge on any atom is -0.461 e. The Balaban J connectivity index is 0.994. The first kappa shape index (κ1) is 28.6. The van der Waals surface area contributed by atoms with Gasteiger partial charge < -0.3 is 20.3 Å². The molecule has 4 aromatic rings. The summed E-state index contributed by atoms with van der Waals surface area (Å²) >= 11 is 0. The molecule has 0 bridgehead atoms. The fourth-order valence-electron chi connectivity index (χ4n) is 5.50. The van der Waals surface area contributed by atoms with Crippen LogP contribution < -0.4 is 10.6 Å². The number of nitrogens with zero attached hydrogens (tertiary/aromatic N) is 7. The molecule has 3 aromatic heterocycles. The number of likely N-dealkylation sites (N-methyl/N-ethyl adjacent to an activating group) is 1. The zero-order chi connectivity index (χ0) is 29.6. The lowest BCUT2D eigenvalue weighted by Gasteiger charge is -2.31. The molecule has 2 saturated heterocycles. The van der Waals surface area contributed by atoms with Gasteiger partial charge in [0.25, 0.3) is 0 Å². The van der Waals surface area contributed by atoms with Crippen molar-refractivity contribution >= 4 is 29.2 Å². The highest BCUT2D eigenvalue weighted by Crippen LogP contribution is 2.24. The predicted molar refractivity (Wildman–Crippen MR) is 165 cm³/mol. The lowest BCUT2D eigenvalue weighted by molar-refractivity contribution is -0.155. The van der Waals surface area contributed by atoms with Crippen LogP contribution in [0.1, 0.15) is 30.5 Å². The number of rotatable bonds is 9. The topological polar surface area (TPSA) is 121 Å². The summed E-state index contributed by atoms with van der Waals surface area (Å²) in [5.74, 6) is 2.24. The third kappa shape index (κ3) is 7.68. The summed E-state index contributed by atoms with van der Waals surface area (Å²) in [6.45, 7) is 6.43. The van der Waals surface area contributed by atoms with Gasteiger partial charge >= 0.3 is 5.97 Å². The zero-order valence-electron chi connectivity index (χ0n) is 24.6. The molecule has 0 saturated carbocycles. The molecule has 222 valence electrons. The second-order valence-electron chi connectivity index (χ2n) is 11.3. The molecule has 1 aromatic carbocycles. The van der Waals surface area contributed by atoms with Crippen molar-refractivity contribution in [1.29, 1.82) is 0 Å². The number of carbonyl (C=O) groups is 1. The molecule has 1 unspecified atom stereocenters. The van der Waals surface area contributed by atoms with Crippen molar-refractivity contribution in [3.63, 3.8) is 0 Å².